The fourth-order valence-electron chi connectivity index (χ4n) is 2.90. The number of rotatable bonds is 6. The Morgan fingerprint density at radius 2 is 1.75 bits per heavy atom. The third kappa shape index (κ3) is 3.72. The molecule has 1 unspecified atom stereocenters. The SMILES string of the molecule is CCCN(C)Cc1[nH]nc(-c2ccc(P)cc2)c1-c1ccncc1. The Labute approximate surface area is 145 Å². The Morgan fingerprint density at radius 3 is 2.42 bits per heavy atom. The van der Waals surface area contributed by atoms with Crippen molar-refractivity contribution < 1.29 is 0 Å². The van der Waals surface area contributed by atoms with Crippen LogP contribution in [0.3, 0.4) is 0 Å². The van der Waals surface area contributed by atoms with Crippen molar-refractivity contribution in [3.8, 4) is 22.4 Å². The lowest BCUT2D eigenvalue weighted by atomic mass is 9.99. The molecule has 24 heavy (non-hydrogen) atoms. The lowest BCUT2D eigenvalue weighted by molar-refractivity contribution is 0.324. The number of nitrogens with one attached hydrogen (secondary N) is 1. The highest BCUT2D eigenvalue weighted by atomic mass is 31.0. The topological polar surface area (TPSA) is 44.8 Å². The highest BCUT2D eigenvalue weighted by molar-refractivity contribution is 7.27. The molecule has 3 rings (SSSR count). The number of benzene rings is 1. The molecule has 1 N–H and O–H groups in total. The van der Waals surface area contributed by atoms with Crippen LogP contribution < -0.4 is 5.30 Å². The zero-order valence-electron chi connectivity index (χ0n) is 14.2. The van der Waals surface area contributed by atoms with Gasteiger partial charge in [0.25, 0.3) is 0 Å². The van der Waals surface area contributed by atoms with Gasteiger partial charge >= 0.3 is 0 Å². The van der Waals surface area contributed by atoms with Gasteiger partial charge in [-0.1, -0.05) is 31.2 Å². The number of pyridine rings is 1. The van der Waals surface area contributed by atoms with Gasteiger partial charge in [0.1, 0.15) is 5.69 Å². The molecule has 0 fully saturated rings. The molecule has 1 atom stereocenters. The van der Waals surface area contributed by atoms with E-state index in [2.05, 4.69) is 67.6 Å². The van der Waals surface area contributed by atoms with E-state index in [1.807, 2.05) is 24.5 Å². The Hall–Kier alpha value is -2.03. The van der Waals surface area contributed by atoms with E-state index >= 15 is 0 Å². The maximum Gasteiger partial charge on any atom is 0.100 e. The first-order chi connectivity index (χ1) is 11.7. The molecule has 0 aliphatic rings. The molecule has 2 heterocycles. The molecule has 0 saturated carbocycles. The van der Waals surface area contributed by atoms with Crippen LogP contribution in [0.25, 0.3) is 22.4 Å². The highest BCUT2D eigenvalue weighted by Crippen LogP contribution is 2.33. The summed E-state index contributed by atoms with van der Waals surface area (Å²) in [4.78, 5) is 6.46. The van der Waals surface area contributed by atoms with Crippen LogP contribution in [0.2, 0.25) is 0 Å². The molecule has 3 aromatic rings. The Morgan fingerprint density at radius 1 is 1.04 bits per heavy atom. The molecule has 0 spiro atoms. The van der Waals surface area contributed by atoms with E-state index in [9.17, 15) is 0 Å². The number of aromatic amines is 1. The van der Waals surface area contributed by atoms with Gasteiger partial charge in [0.05, 0.1) is 5.69 Å². The van der Waals surface area contributed by atoms with Crippen LogP contribution >= 0.6 is 9.24 Å². The van der Waals surface area contributed by atoms with Crippen LogP contribution in [0.5, 0.6) is 0 Å². The van der Waals surface area contributed by atoms with Crippen LogP contribution in [0.15, 0.2) is 48.8 Å². The number of nitrogens with zero attached hydrogens (tertiary/aromatic N) is 3. The number of aromatic nitrogens is 3. The normalized spacial score (nSPS) is 11.2. The van der Waals surface area contributed by atoms with Crippen LogP contribution in [0, 0.1) is 0 Å². The first-order valence-corrected chi connectivity index (χ1v) is 8.79. The average molecular weight is 338 g/mol. The standard InChI is InChI=1S/C19H23N4P/c1-3-12-23(2)13-17-18(14-8-10-20-11-9-14)19(22-21-17)15-4-6-16(24)7-5-15/h4-11H,3,12-13,24H2,1-2H3,(H,21,22). The van der Waals surface area contributed by atoms with Crippen molar-refractivity contribution in [2.45, 2.75) is 19.9 Å². The molecular formula is C19H23N4P. The van der Waals surface area contributed by atoms with Crippen molar-refractivity contribution >= 4 is 14.5 Å². The minimum atomic E-state index is 0.847. The first-order valence-electron chi connectivity index (χ1n) is 8.21. The molecular weight excluding hydrogens is 315 g/mol. The van der Waals surface area contributed by atoms with E-state index in [0.29, 0.717) is 0 Å². The second kappa shape index (κ2) is 7.69. The summed E-state index contributed by atoms with van der Waals surface area (Å²) in [5, 5.41) is 9.05. The maximum atomic E-state index is 4.63. The van der Waals surface area contributed by atoms with E-state index < -0.39 is 0 Å². The lowest BCUT2D eigenvalue weighted by Gasteiger charge is -2.15. The molecule has 0 aliphatic heterocycles. The lowest BCUT2D eigenvalue weighted by Crippen LogP contribution is -2.19. The molecule has 0 amide bonds. The Balaban J connectivity index is 2.06. The molecule has 0 bridgehead atoms. The van der Waals surface area contributed by atoms with Crippen molar-refractivity contribution in [2.24, 2.45) is 0 Å². The van der Waals surface area contributed by atoms with E-state index in [1.54, 1.807) is 0 Å². The summed E-state index contributed by atoms with van der Waals surface area (Å²) in [6.07, 6.45) is 4.80. The maximum absolute atomic E-state index is 4.63. The predicted octanol–water partition coefficient (Wildman–Crippen LogP) is 3.48. The second-order valence-electron chi connectivity index (χ2n) is 6.02. The van der Waals surface area contributed by atoms with Crippen molar-refractivity contribution in [1.82, 2.24) is 20.1 Å². The van der Waals surface area contributed by atoms with Crippen LogP contribution in [0.1, 0.15) is 19.0 Å². The average Bonchev–Trinajstić information content (AvgIpc) is 3.00. The highest BCUT2D eigenvalue weighted by Gasteiger charge is 2.17. The predicted molar refractivity (Wildman–Crippen MR) is 103 cm³/mol. The largest absolute Gasteiger partial charge is 0.301 e. The summed E-state index contributed by atoms with van der Waals surface area (Å²) < 4.78 is 0. The third-order valence-electron chi connectivity index (χ3n) is 4.03. The summed E-state index contributed by atoms with van der Waals surface area (Å²) >= 11 is 0. The van der Waals surface area contributed by atoms with Crippen molar-refractivity contribution in [3.63, 3.8) is 0 Å². The van der Waals surface area contributed by atoms with Gasteiger partial charge in [-0.15, -0.1) is 9.24 Å². The fourth-order valence-corrected chi connectivity index (χ4v) is 3.10. The van der Waals surface area contributed by atoms with Gasteiger partial charge < -0.3 is 4.90 Å². The second-order valence-corrected chi connectivity index (χ2v) is 6.69. The number of hydrogen-bond donors (Lipinski definition) is 1. The van der Waals surface area contributed by atoms with Crippen molar-refractivity contribution in [3.05, 3.63) is 54.5 Å². The fraction of sp³-hybridized carbons (Fsp3) is 0.263. The zero-order chi connectivity index (χ0) is 16.9. The molecule has 124 valence electrons. The minimum absolute atomic E-state index is 0.847. The summed E-state index contributed by atoms with van der Waals surface area (Å²) in [6.45, 7) is 4.11. The summed E-state index contributed by atoms with van der Waals surface area (Å²) in [5.41, 5.74) is 5.56. The third-order valence-corrected chi connectivity index (χ3v) is 4.41. The molecule has 5 heteroatoms. The van der Waals surface area contributed by atoms with Crippen molar-refractivity contribution in [2.75, 3.05) is 13.6 Å². The molecule has 0 aliphatic carbocycles. The van der Waals surface area contributed by atoms with E-state index in [0.717, 1.165) is 47.6 Å². The van der Waals surface area contributed by atoms with Gasteiger partial charge in [0.15, 0.2) is 0 Å². The minimum Gasteiger partial charge on any atom is -0.301 e. The molecule has 0 saturated heterocycles. The van der Waals surface area contributed by atoms with Gasteiger partial charge in [-0.25, -0.2) is 0 Å². The zero-order valence-corrected chi connectivity index (χ0v) is 15.3. The van der Waals surface area contributed by atoms with Gasteiger partial charge in [-0.3, -0.25) is 10.1 Å². The Kier molecular flexibility index (Phi) is 5.39. The van der Waals surface area contributed by atoms with Gasteiger partial charge in [0.2, 0.25) is 0 Å². The summed E-state index contributed by atoms with van der Waals surface area (Å²) in [6, 6.07) is 12.5. The molecule has 1 aromatic carbocycles. The van der Waals surface area contributed by atoms with Gasteiger partial charge in [0, 0.05) is 30.1 Å². The quantitative estimate of drug-likeness (QED) is 0.700. The first kappa shape index (κ1) is 16.8. The molecule has 0 radical (unpaired) electrons. The molecule has 2 aromatic heterocycles. The van der Waals surface area contributed by atoms with Crippen LogP contribution in [-0.2, 0) is 6.54 Å². The molecule has 4 nitrogen and oxygen atoms in total. The van der Waals surface area contributed by atoms with E-state index in [4.69, 9.17) is 0 Å². The smallest absolute Gasteiger partial charge is 0.100 e. The number of hydrogen-bond acceptors (Lipinski definition) is 3. The van der Waals surface area contributed by atoms with Crippen LogP contribution in [0.4, 0.5) is 0 Å². The van der Waals surface area contributed by atoms with Crippen LogP contribution in [-0.4, -0.2) is 33.7 Å². The Bertz CT molecular complexity index is 781. The van der Waals surface area contributed by atoms with Gasteiger partial charge in [-0.2, -0.15) is 5.10 Å². The van der Waals surface area contributed by atoms with E-state index in [-0.39, 0.29) is 0 Å². The summed E-state index contributed by atoms with van der Waals surface area (Å²) in [5.74, 6) is 0. The monoisotopic (exact) mass is 338 g/mol. The van der Waals surface area contributed by atoms with E-state index in [1.165, 1.54) is 5.30 Å². The van der Waals surface area contributed by atoms with Crippen molar-refractivity contribution in [1.29, 1.82) is 0 Å². The van der Waals surface area contributed by atoms with Gasteiger partial charge in [-0.05, 0) is 43.0 Å². The number of H-pyrrole nitrogens is 1. The summed E-state index contributed by atoms with van der Waals surface area (Å²) in [7, 11) is 4.86.